The smallest absolute Gasteiger partial charge is 0.261 e. The van der Waals surface area contributed by atoms with Gasteiger partial charge in [0.25, 0.3) is 11.8 Å². The fourth-order valence-corrected chi connectivity index (χ4v) is 4.93. The van der Waals surface area contributed by atoms with E-state index in [4.69, 9.17) is 0 Å². The molecule has 0 unspecified atom stereocenters. The molecule has 5 nitrogen and oxygen atoms in total. The molecule has 0 saturated carbocycles. The van der Waals surface area contributed by atoms with E-state index >= 15 is 0 Å². The summed E-state index contributed by atoms with van der Waals surface area (Å²) in [5.41, 5.74) is 3.03. The zero-order valence-corrected chi connectivity index (χ0v) is 17.2. The van der Waals surface area contributed by atoms with Crippen LogP contribution in [-0.4, -0.2) is 39.0 Å². The highest BCUT2D eigenvalue weighted by atomic mass is 16.3. The molecule has 0 bridgehead atoms. The summed E-state index contributed by atoms with van der Waals surface area (Å²) in [6, 6.07) is 27.0. The Morgan fingerprint density at radius 2 is 1.19 bits per heavy atom. The monoisotopic (exact) mass is 420 g/mol. The Morgan fingerprint density at radius 3 is 1.75 bits per heavy atom. The summed E-state index contributed by atoms with van der Waals surface area (Å²) >= 11 is 0. The van der Waals surface area contributed by atoms with Gasteiger partial charge in [0, 0.05) is 38.3 Å². The second-order valence-corrected chi connectivity index (χ2v) is 8.23. The first-order valence-electron chi connectivity index (χ1n) is 10.7. The Hall–Kier alpha value is -3.96. The predicted octanol–water partition coefficient (Wildman–Crippen LogP) is 4.60. The molecule has 0 fully saturated rings. The lowest BCUT2D eigenvalue weighted by molar-refractivity contribution is 0.0482. The summed E-state index contributed by atoms with van der Waals surface area (Å²) in [7, 11) is 0. The molecule has 1 atom stereocenters. The molecular formula is C27H20N2O3. The minimum Gasteiger partial charge on any atom is -0.389 e. The summed E-state index contributed by atoms with van der Waals surface area (Å²) in [5, 5.41) is 14.8. The summed E-state index contributed by atoms with van der Waals surface area (Å²) in [4.78, 5) is 27.5. The number of aliphatic hydroxyl groups excluding tert-OH is 1. The van der Waals surface area contributed by atoms with Crippen LogP contribution in [0.25, 0.3) is 32.6 Å². The molecule has 1 aromatic heterocycles. The molecule has 5 aromatic rings. The van der Waals surface area contributed by atoms with Crippen LogP contribution in [-0.2, 0) is 6.54 Å². The Labute approximate surface area is 184 Å². The van der Waals surface area contributed by atoms with Crippen LogP contribution in [0.1, 0.15) is 20.7 Å². The van der Waals surface area contributed by atoms with E-state index in [1.807, 2.05) is 60.7 Å². The average Bonchev–Trinajstić information content (AvgIpc) is 3.14. The van der Waals surface area contributed by atoms with Crippen molar-refractivity contribution >= 4 is 44.4 Å². The van der Waals surface area contributed by atoms with Crippen molar-refractivity contribution in [1.29, 1.82) is 0 Å². The van der Waals surface area contributed by atoms with Gasteiger partial charge in [-0.3, -0.25) is 14.5 Å². The quantitative estimate of drug-likeness (QED) is 0.432. The van der Waals surface area contributed by atoms with Crippen LogP contribution in [0.2, 0.25) is 0 Å². The highest BCUT2D eigenvalue weighted by Gasteiger charge is 2.34. The van der Waals surface area contributed by atoms with Crippen molar-refractivity contribution in [2.75, 3.05) is 6.54 Å². The second-order valence-electron chi connectivity index (χ2n) is 8.23. The van der Waals surface area contributed by atoms with E-state index in [-0.39, 0.29) is 24.9 Å². The van der Waals surface area contributed by atoms with E-state index in [2.05, 4.69) is 16.7 Å². The minimum atomic E-state index is -0.911. The number of imide groups is 1. The van der Waals surface area contributed by atoms with Crippen LogP contribution < -0.4 is 0 Å². The number of benzene rings is 4. The molecule has 6 rings (SSSR count). The Morgan fingerprint density at radius 1 is 0.656 bits per heavy atom. The average molecular weight is 420 g/mol. The predicted molar refractivity (Wildman–Crippen MR) is 125 cm³/mol. The SMILES string of the molecule is O=C1c2cccc3cccc(c23)C(=O)N1C[C@H](O)Cn1c2ccccc2c2ccccc21. The zero-order valence-electron chi connectivity index (χ0n) is 17.2. The van der Waals surface area contributed by atoms with Crippen molar-refractivity contribution in [3.8, 4) is 0 Å². The van der Waals surface area contributed by atoms with Crippen molar-refractivity contribution in [2.24, 2.45) is 0 Å². The molecule has 0 saturated heterocycles. The number of amides is 2. The van der Waals surface area contributed by atoms with Crippen LogP contribution in [0.15, 0.2) is 84.9 Å². The van der Waals surface area contributed by atoms with Crippen LogP contribution in [0.4, 0.5) is 0 Å². The molecule has 1 aliphatic heterocycles. The third-order valence-electron chi connectivity index (χ3n) is 6.32. The van der Waals surface area contributed by atoms with Gasteiger partial charge in [-0.05, 0) is 29.7 Å². The summed E-state index contributed by atoms with van der Waals surface area (Å²) < 4.78 is 2.06. The van der Waals surface area contributed by atoms with Crippen LogP contribution in [0.3, 0.4) is 0 Å². The van der Waals surface area contributed by atoms with Gasteiger partial charge >= 0.3 is 0 Å². The van der Waals surface area contributed by atoms with Crippen molar-refractivity contribution in [3.63, 3.8) is 0 Å². The zero-order chi connectivity index (χ0) is 21.8. The second kappa shape index (κ2) is 7.04. The van der Waals surface area contributed by atoms with Gasteiger partial charge in [-0.1, -0.05) is 60.7 Å². The third kappa shape index (κ3) is 2.68. The van der Waals surface area contributed by atoms with Gasteiger partial charge in [0.05, 0.1) is 19.2 Å². The molecule has 0 aliphatic carbocycles. The number of rotatable bonds is 4. The standard InChI is InChI=1S/C27H20N2O3/c30-18(15-28-23-13-3-1-9-19(23)20-10-2-4-14-24(20)28)16-29-26(31)21-11-5-7-17-8-6-12-22(25(17)21)27(29)32/h1-14,18,30H,15-16H2/t18-/m1/s1. The van der Waals surface area contributed by atoms with E-state index in [0.717, 1.165) is 27.2 Å². The molecule has 1 aliphatic rings. The summed E-state index contributed by atoms with van der Waals surface area (Å²) in [6.07, 6.45) is -0.911. The molecule has 156 valence electrons. The Balaban J connectivity index is 1.36. The Kier molecular flexibility index (Phi) is 4.13. The highest BCUT2D eigenvalue weighted by molar-refractivity contribution is 6.25. The van der Waals surface area contributed by atoms with Crippen molar-refractivity contribution < 1.29 is 14.7 Å². The van der Waals surface area contributed by atoms with Gasteiger partial charge in [0.2, 0.25) is 0 Å². The molecule has 2 amide bonds. The molecular weight excluding hydrogens is 400 g/mol. The first-order chi connectivity index (χ1) is 15.6. The van der Waals surface area contributed by atoms with E-state index in [9.17, 15) is 14.7 Å². The maximum atomic E-state index is 13.2. The summed E-state index contributed by atoms with van der Waals surface area (Å²) in [6.45, 7) is 0.208. The van der Waals surface area contributed by atoms with Gasteiger partial charge < -0.3 is 9.67 Å². The number of hydrogen-bond acceptors (Lipinski definition) is 3. The number of para-hydroxylation sites is 2. The molecule has 4 aromatic carbocycles. The molecule has 32 heavy (non-hydrogen) atoms. The number of aliphatic hydroxyl groups is 1. The van der Waals surface area contributed by atoms with Gasteiger partial charge in [-0.15, -0.1) is 0 Å². The lowest BCUT2D eigenvalue weighted by atomic mass is 9.94. The maximum absolute atomic E-state index is 13.2. The number of β-amino-alcohol motifs (C(OH)–C–C–N with tert-alkyl or cyclic N) is 1. The van der Waals surface area contributed by atoms with Crippen molar-refractivity contribution in [3.05, 3.63) is 96.1 Å². The number of nitrogens with zero attached hydrogens (tertiary/aromatic N) is 2. The van der Waals surface area contributed by atoms with Crippen molar-refractivity contribution in [1.82, 2.24) is 9.47 Å². The van der Waals surface area contributed by atoms with Crippen molar-refractivity contribution in [2.45, 2.75) is 12.6 Å². The van der Waals surface area contributed by atoms with E-state index in [1.54, 1.807) is 12.1 Å². The molecule has 2 heterocycles. The fraction of sp³-hybridized carbons (Fsp3) is 0.111. The normalized spacial score (nSPS) is 14.6. The third-order valence-corrected chi connectivity index (χ3v) is 6.32. The highest BCUT2D eigenvalue weighted by Crippen LogP contribution is 2.31. The van der Waals surface area contributed by atoms with Gasteiger partial charge in [0.15, 0.2) is 0 Å². The van der Waals surface area contributed by atoms with E-state index < -0.39 is 6.10 Å². The van der Waals surface area contributed by atoms with Crippen LogP contribution >= 0.6 is 0 Å². The van der Waals surface area contributed by atoms with E-state index in [1.165, 1.54) is 4.90 Å². The largest absolute Gasteiger partial charge is 0.389 e. The molecule has 0 radical (unpaired) electrons. The van der Waals surface area contributed by atoms with Gasteiger partial charge in [-0.2, -0.15) is 0 Å². The lowest BCUT2D eigenvalue weighted by Gasteiger charge is -2.29. The fourth-order valence-electron chi connectivity index (χ4n) is 4.93. The first kappa shape index (κ1) is 18.8. The Bertz CT molecular complexity index is 1450. The molecule has 0 spiro atoms. The topological polar surface area (TPSA) is 62.5 Å². The summed E-state index contributed by atoms with van der Waals surface area (Å²) in [5.74, 6) is -0.721. The van der Waals surface area contributed by atoms with E-state index in [0.29, 0.717) is 16.5 Å². The first-order valence-corrected chi connectivity index (χ1v) is 10.7. The number of aromatic nitrogens is 1. The number of fused-ring (bicyclic) bond motifs is 3. The van der Waals surface area contributed by atoms with Crippen LogP contribution in [0.5, 0.6) is 0 Å². The minimum absolute atomic E-state index is 0.0662. The number of carbonyl (C=O) groups is 2. The molecule has 5 heteroatoms. The lowest BCUT2D eigenvalue weighted by Crippen LogP contribution is -2.45. The molecule has 1 N–H and O–H groups in total. The van der Waals surface area contributed by atoms with Gasteiger partial charge in [-0.25, -0.2) is 0 Å². The van der Waals surface area contributed by atoms with Gasteiger partial charge in [0.1, 0.15) is 0 Å². The maximum Gasteiger partial charge on any atom is 0.261 e. The van der Waals surface area contributed by atoms with Crippen LogP contribution in [0, 0.1) is 0 Å². The number of carbonyl (C=O) groups excluding carboxylic acids is 2. The number of hydrogen-bond donors (Lipinski definition) is 1.